The number of amides is 1. The van der Waals surface area contributed by atoms with Gasteiger partial charge in [0, 0.05) is 23.7 Å². The second-order valence-corrected chi connectivity index (χ2v) is 8.72. The number of fused-ring (bicyclic) bond motifs is 1. The van der Waals surface area contributed by atoms with Crippen LogP contribution in [0.2, 0.25) is 0 Å². The van der Waals surface area contributed by atoms with Gasteiger partial charge in [-0.3, -0.25) is 4.79 Å². The number of aromatic amines is 1. The molecule has 0 saturated heterocycles. The van der Waals surface area contributed by atoms with Gasteiger partial charge < -0.3 is 14.6 Å². The fraction of sp³-hybridized carbons (Fsp3) is 0.172. The minimum Gasteiger partial charge on any atom is -0.487 e. The van der Waals surface area contributed by atoms with Crippen LogP contribution in [-0.4, -0.2) is 37.6 Å². The van der Waals surface area contributed by atoms with E-state index < -0.39 is 6.04 Å². The molecule has 0 aliphatic carbocycles. The molecular weight excluding hydrogens is 464 g/mol. The zero-order chi connectivity index (χ0) is 25.5. The number of nitrogens with one attached hydrogen (secondary N) is 2. The topological polar surface area (TPSA) is 97.7 Å². The molecule has 1 unspecified atom stereocenters. The van der Waals surface area contributed by atoms with Crippen LogP contribution in [-0.2, 0) is 17.8 Å². The van der Waals surface area contributed by atoms with E-state index in [4.69, 9.17) is 4.74 Å². The van der Waals surface area contributed by atoms with Gasteiger partial charge in [-0.05, 0) is 47.9 Å². The third kappa shape index (κ3) is 5.75. The largest absolute Gasteiger partial charge is 0.487 e. The standard InChI is InChI=1S/C29H28N6O2/c1-21(29(36)30-18-17-22-9-4-2-5-10-22)35-19-24(15-16-27-31-33-34-32-27)25-13-8-14-26(28(25)35)37-20-23-11-6-3-7-12-23/h2-16,19,21H,17-18,20H2,1H3,(H,30,36)(H,31,32,33,34). The Hall–Kier alpha value is -4.72. The van der Waals surface area contributed by atoms with Crippen LogP contribution in [0.25, 0.3) is 23.1 Å². The summed E-state index contributed by atoms with van der Waals surface area (Å²) in [5.74, 6) is 1.13. The summed E-state index contributed by atoms with van der Waals surface area (Å²) in [6.45, 7) is 2.89. The fourth-order valence-electron chi connectivity index (χ4n) is 4.25. The second kappa shape index (κ2) is 11.3. The third-order valence-corrected chi connectivity index (χ3v) is 6.21. The van der Waals surface area contributed by atoms with Crippen LogP contribution in [0.4, 0.5) is 0 Å². The highest BCUT2D eigenvalue weighted by atomic mass is 16.5. The molecule has 37 heavy (non-hydrogen) atoms. The lowest BCUT2D eigenvalue weighted by Crippen LogP contribution is -2.32. The number of para-hydroxylation sites is 1. The van der Waals surface area contributed by atoms with Crippen LogP contribution in [0.5, 0.6) is 5.75 Å². The van der Waals surface area contributed by atoms with E-state index in [-0.39, 0.29) is 5.91 Å². The number of aromatic nitrogens is 5. The number of nitrogens with zero attached hydrogens (tertiary/aromatic N) is 4. The van der Waals surface area contributed by atoms with E-state index in [9.17, 15) is 4.79 Å². The summed E-state index contributed by atoms with van der Waals surface area (Å²) in [5, 5.41) is 18.1. The monoisotopic (exact) mass is 492 g/mol. The van der Waals surface area contributed by atoms with Gasteiger partial charge in [0.2, 0.25) is 5.91 Å². The molecule has 0 fully saturated rings. The average molecular weight is 493 g/mol. The molecule has 0 aliphatic rings. The number of H-pyrrole nitrogens is 1. The van der Waals surface area contributed by atoms with Gasteiger partial charge in [0.1, 0.15) is 18.4 Å². The SMILES string of the molecule is CC(C(=O)NCCc1ccccc1)n1cc(C=Cc2nn[nH]n2)c2cccc(OCc3ccccc3)c21. The van der Waals surface area contributed by atoms with Gasteiger partial charge in [-0.2, -0.15) is 5.21 Å². The second-order valence-electron chi connectivity index (χ2n) is 8.72. The minimum absolute atomic E-state index is 0.0561. The number of benzene rings is 3. The lowest BCUT2D eigenvalue weighted by molar-refractivity contribution is -0.123. The molecule has 0 spiro atoms. The Morgan fingerprint density at radius 2 is 1.76 bits per heavy atom. The van der Waals surface area contributed by atoms with Crippen molar-refractivity contribution in [1.82, 2.24) is 30.5 Å². The van der Waals surface area contributed by atoms with Crippen molar-refractivity contribution >= 4 is 29.0 Å². The molecule has 0 saturated carbocycles. The van der Waals surface area contributed by atoms with Crippen LogP contribution in [0, 0.1) is 0 Å². The maximum absolute atomic E-state index is 13.2. The van der Waals surface area contributed by atoms with E-state index in [1.165, 1.54) is 5.56 Å². The smallest absolute Gasteiger partial charge is 0.242 e. The van der Waals surface area contributed by atoms with Gasteiger partial charge in [0.15, 0.2) is 5.82 Å². The minimum atomic E-state index is -0.452. The number of carbonyl (C=O) groups excluding carboxylic acids is 1. The molecule has 2 aromatic heterocycles. The highest BCUT2D eigenvalue weighted by Crippen LogP contribution is 2.34. The molecule has 8 heteroatoms. The van der Waals surface area contributed by atoms with E-state index in [2.05, 4.69) is 38.1 Å². The molecule has 5 rings (SSSR count). The highest BCUT2D eigenvalue weighted by Gasteiger charge is 2.21. The molecule has 0 radical (unpaired) electrons. The van der Waals surface area contributed by atoms with Crippen LogP contribution in [0.3, 0.4) is 0 Å². The first-order chi connectivity index (χ1) is 18.2. The van der Waals surface area contributed by atoms with E-state index in [0.717, 1.165) is 28.5 Å². The molecule has 0 bridgehead atoms. The molecule has 3 aromatic carbocycles. The molecule has 8 nitrogen and oxygen atoms in total. The van der Waals surface area contributed by atoms with Crippen molar-refractivity contribution in [2.45, 2.75) is 26.0 Å². The summed E-state index contributed by atoms with van der Waals surface area (Å²) in [5.41, 5.74) is 4.04. The summed E-state index contributed by atoms with van der Waals surface area (Å²) < 4.78 is 8.24. The Bertz CT molecular complexity index is 1480. The highest BCUT2D eigenvalue weighted by molar-refractivity contribution is 5.96. The first-order valence-corrected chi connectivity index (χ1v) is 12.2. The average Bonchev–Trinajstić information content (AvgIpc) is 3.60. The summed E-state index contributed by atoms with van der Waals surface area (Å²) in [6.07, 6.45) is 6.45. The Morgan fingerprint density at radius 3 is 2.49 bits per heavy atom. The Kier molecular flexibility index (Phi) is 7.36. The molecule has 1 atom stereocenters. The van der Waals surface area contributed by atoms with Crippen molar-refractivity contribution in [3.8, 4) is 5.75 Å². The van der Waals surface area contributed by atoms with Gasteiger partial charge in [-0.15, -0.1) is 10.2 Å². The third-order valence-electron chi connectivity index (χ3n) is 6.21. The number of carbonyl (C=O) groups is 1. The molecule has 1 amide bonds. The summed E-state index contributed by atoms with van der Waals surface area (Å²) in [7, 11) is 0. The molecule has 5 aromatic rings. The summed E-state index contributed by atoms with van der Waals surface area (Å²) in [6, 6.07) is 25.6. The van der Waals surface area contributed by atoms with Gasteiger partial charge >= 0.3 is 0 Å². The first kappa shape index (κ1) is 24.0. The van der Waals surface area contributed by atoms with Gasteiger partial charge in [0.25, 0.3) is 0 Å². The summed E-state index contributed by atoms with van der Waals surface area (Å²) in [4.78, 5) is 13.2. The molecule has 186 valence electrons. The molecule has 0 aliphatic heterocycles. The number of rotatable bonds is 10. The molecular formula is C29H28N6O2. The molecule has 2 N–H and O–H groups in total. The Morgan fingerprint density at radius 1 is 1.00 bits per heavy atom. The van der Waals surface area contributed by atoms with Crippen molar-refractivity contribution < 1.29 is 9.53 Å². The van der Waals surface area contributed by atoms with Crippen molar-refractivity contribution in [2.75, 3.05) is 6.54 Å². The fourth-order valence-corrected chi connectivity index (χ4v) is 4.25. The Balaban J connectivity index is 1.43. The van der Waals surface area contributed by atoms with Gasteiger partial charge in [-0.1, -0.05) is 72.8 Å². The van der Waals surface area contributed by atoms with Crippen molar-refractivity contribution in [3.63, 3.8) is 0 Å². The van der Waals surface area contributed by atoms with E-state index in [1.54, 1.807) is 6.08 Å². The number of ether oxygens (including phenoxy) is 1. The zero-order valence-electron chi connectivity index (χ0n) is 20.5. The van der Waals surface area contributed by atoms with Crippen molar-refractivity contribution in [3.05, 3.63) is 108 Å². The Labute approximate surface area is 215 Å². The van der Waals surface area contributed by atoms with E-state index >= 15 is 0 Å². The molecule has 2 heterocycles. The predicted octanol–water partition coefficient (Wildman–Crippen LogP) is 4.82. The normalized spacial score (nSPS) is 12.1. The van der Waals surface area contributed by atoms with Crippen LogP contribution in [0.1, 0.15) is 35.5 Å². The van der Waals surface area contributed by atoms with Crippen LogP contribution < -0.4 is 10.1 Å². The lowest BCUT2D eigenvalue weighted by atomic mass is 10.1. The van der Waals surface area contributed by atoms with Gasteiger partial charge in [-0.25, -0.2) is 0 Å². The van der Waals surface area contributed by atoms with Crippen molar-refractivity contribution in [2.24, 2.45) is 0 Å². The lowest BCUT2D eigenvalue weighted by Gasteiger charge is -2.17. The van der Waals surface area contributed by atoms with E-state index in [0.29, 0.717) is 24.7 Å². The van der Waals surface area contributed by atoms with Crippen LogP contribution in [0.15, 0.2) is 85.1 Å². The van der Waals surface area contributed by atoms with Gasteiger partial charge in [0.05, 0.1) is 5.52 Å². The number of hydrogen-bond acceptors (Lipinski definition) is 5. The maximum atomic E-state index is 13.2. The first-order valence-electron chi connectivity index (χ1n) is 12.2. The quantitative estimate of drug-likeness (QED) is 0.291. The summed E-state index contributed by atoms with van der Waals surface area (Å²) >= 11 is 0. The zero-order valence-corrected chi connectivity index (χ0v) is 20.5. The number of tetrazole rings is 1. The van der Waals surface area contributed by atoms with Crippen molar-refractivity contribution in [1.29, 1.82) is 0 Å². The predicted molar refractivity (Wildman–Crippen MR) is 144 cm³/mol. The van der Waals surface area contributed by atoms with Crippen LogP contribution >= 0.6 is 0 Å². The maximum Gasteiger partial charge on any atom is 0.242 e. The number of hydrogen-bond donors (Lipinski definition) is 2. The van der Waals surface area contributed by atoms with E-state index in [1.807, 2.05) is 90.5 Å².